The van der Waals surface area contributed by atoms with Gasteiger partial charge in [0.1, 0.15) is 11.3 Å². The van der Waals surface area contributed by atoms with Crippen LogP contribution in [0.2, 0.25) is 0 Å². The van der Waals surface area contributed by atoms with E-state index in [2.05, 4.69) is 15.3 Å². The number of benzene rings is 1. The number of aromatic nitrogens is 4. The van der Waals surface area contributed by atoms with Gasteiger partial charge in [-0.2, -0.15) is 0 Å². The molecule has 1 atom stereocenters. The van der Waals surface area contributed by atoms with Crippen LogP contribution in [-0.4, -0.2) is 42.4 Å². The molecule has 180 valence electrons. The Labute approximate surface area is 202 Å². The standard InChI is InChI=1S/C25H27N7O3/c1-17(33)35-32-11-5-2-6-22(32)21-15-30(16-28-21)19-9-8-18(13-26)20(12-19)29-25(34)23-14-27-24-7-3-4-10-31(23)24/h3-4,7-10,12,14-16,22H,2,5-6,11,13,26H2,1H3,(H,29,34). The van der Waals surface area contributed by atoms with Gasteiger partial charge in [0.05, 0.1) is 24.3 Å². The molecule has 35 heavy (non-hydrogen) atoms. The molecule has 4 aromatic rings. The van der Waals surface area contributed by atoms with Crippen LogP contribution in [0.4, 0.5) is 5.69 Å². The molecular weight excluding hydrogens is 446 g/mol. The fraction of sp³-hybridized carbons (Fsp3) is 0.280. The van der Waals surface area contributed by atoms with Crippen LogP contribution in [0.3, 0.4) is 0 Å². The summed E-state index contributed by atoms with van der Waals surface area (Å²) in [5, 5.41) is 4.71. The minimum Gasteiger partial charge on any atom is -0.368 e. The molecule has 1 aliphatic heterocycles. The van der Waals surface area contributed by atoms with Crippen molar-refractivity contribution in [2.75, 3.05) is 11.9 Å². The van der Waals surface area contributed by atoms with Crippen LogP contribution in [0.25, 0.3) is 11.3 Å². The smallest absolute Gasteiger partial charge is 0.322 e. The van der Waals surface area contributed by atoms with E-state index in [0.29, 0.717) is 23.6 Å². The van der Waals surface area contributed by atoms with Crippen LogP contribution in [0.5, 0.6) is 0 Å². The van der Waals surface area contributed by atoms with Crippen molar-refractivity contribution in [2.24, 2.45) is 5.73 Å². The van der Waals surface area contributed by atoms with Crippen LogP contribution < -0.4 is 11.1 Å². The summed E-state index contributed by atoms with van der Waals surface area (Å²) in [6.07, 6.45) is 9.88. The lowest BCUT2D eigenvalue weighted by Gasteiger charge is -2.32. The maximum Gasteiger partial charge on any atom is 0.322 e. The highest BCUT2D eigenvalue weighted by Gasteiger charge is 2.28. The second kappa shape index (κ2) is 9.69. The zero-order valence-electron chi connectivity index (χ0n) is 19.4. The molecule has 1 aliphatic rings. The number of hydrogen-bond donors (Lipinski definition) is 2. The Morgan fingerprint density at radius 1 is 1.20 bits per heavy atom. The van der Waals surface area contributed by atoms with Crippen LogP contribution >= 0.6 is 0 Å². The fourth-order valence-electron chi connectivity index (χ4n) is 4.43. The van der Waals surface area contributed by atoms with Crippen molar-refractivity contribution >= 4 is 23.2 Å². The van der Waals surface area contributed by atoms with Gasteiger partial charge in [0.25, 0.3) is 5.91 Å². The minimum atomic E-state index is -0.333. The SMILES string of the molecule is CC(=O)ON1CCCCC1c1cn(-c2ccc(CN)c(NC(=O)c3cnc4ccccn34)c2)cn1. The summed E-state index contributed by atoms with van der Waals surface area (Å²) >= 11 is 0. The Bertz CT molecular complexity index is 1380. The summed E-state index contributed by atoms with van der Waals surface area (Å²) in [7, 11) is 0. The lowest BCUT2D eigenvalue weighted by atomic mass is 10.0. The van der Waals surface area contributed by atoms with Gasteiger partial charge in [0, 0.05) is 43.8 Å². The van der Waals surface area contributed by atoms with Gasteiger partial charge >= 0.3 is 5.97 Å². The molecule has 10 nitrogen and oxygen atoms in total. The minimum absolute atomic E-state index is 0.0912. The Morgan fingerprint density at radius 3 is 2.91 bits per heavy atom. The number of rotatable bonds is 6. The topological polar surface area (TPSA) is 120 Å². The van der Waals surface area contributed by atoms with E-state index in [1.54, 1.807) is 28.2 Å². The van der Waals surface area contributed by atoms with Gasteiger partial charge < -0.3 is 20.5 Å². The Balaban J connectivity index is 1.41. The number of hydrogen-bond acceptors (Lipinski definition) is 7. The van der Waals surface area contributed by atoms with Crippen LogP contribution in [-0.2, 0) is 16.2 Å². The highest BCUT2D eigenvalue weighted by molar-refractivity contribution is 6.04. The molecule has 3 N–H and O–H groups in total. The van der Waals surface area contributed by atoms with Crippen LogP contribution in [0.15, 0.2) is 61.3 Å². The number of nitrogens with two attached hydrogens (primary N) is 1. The number of pyridine rings is 1. The van der Waals surface area contributed by atoms with E-state index in [4.69, 9.17) is 10.6 Å². The zero-order valence-corrected chi connectivity index (χ0v) is 19.4. The van der Waals surface area contributed by atoms with Crippen molar-refractivity contribution in [3.63, 3.8) is 0 Å². The second-order valence-electron chi connectivity index (χ2n) is 8.51. The first-order valence-electron chi connectivity index (χ1n) is 11.6. The molecule has 5 rings (SSSR count). The number of piperidine rings is 1. The molecule has 0 bridgehead atoms. The molecule has 0 aliphatic carbocycles. The second-order valence-corrected chi connectivity index (χ2v) is 8.51. The van der Waals surface area contributed by atoms with Crippen molar-refractivity contribution in [3.05, 3.63) is 78.3 Å². The Kier molecular flexibility index (Phi) is 6.30. The van der Waals surface area contributed by atoms with Gasteiger partial charge in [0.15, 0.2) is 0 Å². The number of hydroxylamine groups is 2. The largest absolute Gasteiger partial charge is 0.368 e. The first-order chi connectivity index (χ1) is 17.0. The summed E-state index contributed by atoms with van der Waals surface area (Å²) < 4.78 is 3.63. The van der Waals surface area contributed by atoms with E-state index in [9.17, 15) is 9.59 Å². The summed E-state index contributed by atoms with van der Waals surface area (Å²) in [5.74, 6) is -0.610. The number of carbonyl (C=O) groups is 2. The van der Waals surface area contributed by atoms with Gasteiger partial charge in [-0.1, -0.05) is 12.1 Å². The quantitative estimate of drug-likeness (QED) is 0.441. The molecule has 1 unspecified atom stereocenters. The van der Waals surface area contributed by atoms with E-state index in [1.807, 2.05) is 47.2 Å². The third-order valence-corrected chi connectivity index (χ3v) is 6.15. The molecule has 1 fully saturated rings. The first-order valence-corrected chi connectivity index (χ1v) is 11.6. The summed E-state index contributed by atoms with van der Waals surface area (Å²) in [4.78, 5) is 38.9. The van der Waals surface area contributed by atoms with E-state index >= 15 is 0 Å². The predicted octanol–water partition coefficient (Wildman–Crippen LogP) is 3.24. The highest BCUT2D eigenvalue weighted by atomic mass is 16.7. The Morgan fingerprint density at radius 2 is 2.09 bits per heavy atom. The third-order valence-electron chi connectivity index (χ3n) is 6.15. The highest BCUT2D eigenvalue weighted by Crippen LogP contribution is 2.31. The van der Waals surface area contributed by atoms with E-state index < -0.39 is 0 Å². The number of carbonyl (C=O) groups excluding carboxylic acids is 2. The normalized spacial score (nSPS) is 16.3. The molecule has 1 aromatic carbocycles. The fourth-order valence-corrected chi connectivity index (χ4v) is 4.43. The molecule has 10 heteroatoms. The van der Waals surface area contributed by atoms with Gasteiger partial charge in [-0.05, 0) is 49.1 Å². The van der Waals surface area contributed by atoms with Gasteiger partial charge in [-0.15, -0.1) is 5.06 Å². The molecule has 4 heterocycles. The van der Waals surface area contributed by atoms with E-state index in [-0.39, 0.29) is 24.5 Å². The lowest BCUT2D eigenvalue weighted by Crippen LogP contribution is -2.35. The number of fused-ring (bicyclic) bond motifs is 1. The van der Waals surface area contributed by atoms with Crippen LogP contribution in [0.1, 0.15) is 54.0 Å². The number of nitrogens with one attached hydrogen (secondary N) is 1. The van der Waals surface area contributed by atoms with Crippen molar-refractivity contribution in [1.29, 1.82) is 0 Å². The number of imidazole rings is 2. The Hall–Kier alpha value is -4.02. The first kappa shape index (κ1) is 22.8. The summed E-state index contributed by atoms with van der Waals surface area (Å²) in [6, 6.07) is 11.2. The van der Waals surface area contributed by atoms with Crippen molar-refractivity contribution in [1.82, 2.24) is 24.0 Å². The third kappa shape index (κ3) is 4.66. The molecular formula is C25H27N7O3. The average Bonchev–Trinajstić information content (AvgIpc) is 3.52. The molecule has 0 spiro atoms. The van der Waals surface area contributed by atoms with Gasteiger partial charge in [-0.25, -0.2) is 9.97 Å². The molecule has 3 aromatic heterocycles. The maximum atomic E-state index is 13.1. The number of anilines is 1. The zero-order chi connectivity index (χ0) is 24.4. The maximum absolute atomic E-state index is 13.1. The lowest BCUT2D eigenvalue weighted by molar-refractivity contribution is -0.207. The average molecular weight is 474 g/mol. The van der Waals surface area contributed by atoms with Crippen molar-refractivity contribution in [3.8, 4) is 5.69 Å². The van der Waals surface area contributed by atoms with E-state index in [1.165, 1.54) is 6.92 Å². The van der Waals surface area contributed by atoms with Gasteiger partial charge in [-0.3, -0.25) is 14.0 Å². The summed E-state index contributed by atoms with van der Waals surface area (Å²) in [5.41, 5.74) is 10.2. The molecule has 0 radical (unpaired) electrons. The molecule has 1 amide bonds. The predicted molar refractivity (Wildman–Crippen MR) is 130 cm³/mol. The monoisotopic (exact) mass is 473 g/mol. The molecule has 0 saturated carbocycles. The summed E-state index contributed by atoms with van der Waals surface area (Å²) in [6.45, 7) is 2.37. The van der Waals surface area contributed by atoms with Gasteiger partial charge in [0.2, 0.25) is 0 Å². The van der Waals surface area contributed by atoms with Crippen LogP contribution in [0, 0.1) is 0 Å². The number of nitrogens with zero attached hydrogens (tertiary/aromatic N) is 5. The van der Waals surface area contributed by atoms with Crippen molar-refractivity contribution < 1.29 is 14.4 Å². The molecule has 1 saturated heterocycles. The number of amides is 1. The van der Waals surface area contributed by atoms with Crippen molar-refractivity contribution in [2.45, 2.75) is 38.8 Å². The van der Waals surface area contributed by atoms with E-state index in [0.717, 1.165) is 36.2 Å².